The van der Waals surface area contributed by atoms with Crippen molar-refractivity contribution in [1.29, 1.82) is 0 Å². The lowest BCUT2D eigenvalue weighted by Gasteiger charge is -2.06. The van der Waals surface area contributed by atoms with E-state index >= 15 is 0 Å². The molecule has 0 atom stereocenters. The Bertz CT molecular complexity index is 804. The highest BCUT2D eigenvalue weighted by molar-refractivity contribution is 7.91. The smallest absolute Gasteiger partial charge is 0.387 e. The van der Waals surface area contributed by atoms with Crippen LogP contribution in [0.15, 0.2) is 40.6 Å². The van der Waals surface area contributed by atoms with Crippen molar-refractivity contribution in [3.8, 4) is 5.75 Å². The minimum atomic E-state index is -3.50. The molecule has 1 amide bonds. The Kier molecular flexibility index (Phi) is 5.86. The van der Waals surface area contributed by atoms with E-state index in [4.69, 9.17) is 0 Å². The molecule has 1 aromatic heterocycles. The van der Waals surface area contributed by atoms with Gasteiger partial charge in [-0.3, -0.25) is 4.79 Å². The van der Waals surface area contributed by atoms with E-state index in [1.54, 1.807) is 6.07 Å². The molecule has 1 aromatic carbocycles. The third-order valence-corrected chi connectivity index (χ3v) is 5.93. The summed E-state index contributed by atoms with van der Waals surface area (Å²) in [6, 6.07) is 8.31. The van der Waals surface area contributed by atoms with Gasteiger partial charge in [0.1, 0.15) is 9.96 Å². The van der Waals surface area contributed by atoms with Crippen LogP contribution in [0.3, 0.4) is 0 Å². The van der Waals surface area contributed by atoms with Crippen LogP contribution in [0, 0.1) is 0 Å². The van der Waals surface area contributed by atoms with Gasteiger partial charge in [-0.25, -0.2) is 13.1 Å². The van der Waals surface area contributed by atoms with E-state index < -0.39 is 22.5 Å². The molecule has 2 aromatic rings. The van der Waals surface area contributed by atoms with Gasteiger partial charge in [0.15, 0.2) is 0 Å². The molecule has 0 aliphatic rings. The predicted molar refractivity (Wildman–Crippen MR) is 84.8 cm³/mol. The zero-order valence-electron chi connectivity index (χ0n) is 12.5. The first-order valence-electron chi connectivity index (χ1n) is 6.67. The van der Waals surface area contributed by atoms with Crippen molar-refractivity contribution < 1.29 is 26.7 Å². The molecule has 1 heterocycles. The van der Waals surface area contributed by atoms with Gasteiger partial charge in [-0.15, -0.1) is 11.3 Å². The van der Waals surface area contributed by atoms with Crippen LogP contribution in [0.5, 0.6) is 5.75 Å². The molecule has 0 unspecified atom stereocenters. The number of carbonyl (C=O) groups excluding carboxylic acids is 1. The van der Waals surface area contributed by atoms with E-state index in [1.807, 2.05) is 0 Å². The highest BCUT2D eigenvalue weighted by atomic mass is 32.2. The number of rotatable bonds is 7. The first-order valence-corrected chi connectivity index (χ1v) is 8.97. The standard InChI is InChI=1S/C14H14F2N2O4S2/c1-17-24(20,21)12-7-6-11(23-12)8-18-13(19)9-2-4-10(5-3-9)22-14(15)16/h2-7,14,17H,8H2,1H3,(H,18,19). The third kappa shape index (κ3) is 4.73. The van der Waals surface area contributed by atoms with E-state index in [2.05, 4.69) is 14.8 Å². The van der Waals surface area contributed by atoms with E-state index in [9.17, 15) is 22.0 Å². The number of sulfonamides is 1. The summed E-state index contributed by atoms with van der Waals surface area (Å²) in [4.78, 5) is 12.6. The van der Waals surface area contributed by atoms with Crippen LogP contribution in [0.2, 0.25) is 0 Å². The normalized spacial score (nSPS) is 11.5. The van der Waals surface area contributed by atoms with E-state index in [1.165, 1.54) is 37.4 Å². The first kappa shape index (κ1) is 18.3. The van der Waals surface area contributed by atoms with E-state index in [0.29, 0.717) is 4.88 Å². The molecule has 2 rings (SSSR count). The average Bonchev–Trinajstić information content (AvgIpc) is 3.02. The second-order valence-electron chi connectivity index (χ2n) is 4.51. The number of ether oxygens (including phenoxy) is 1. The number of hydrogen-bond acceptors (Lipinski definition) is 5. The Morgan fingerprint density at radius 1 is 1.21 bits per heavy atom. The molecule has 130 valence electrons. The molecule has 10 heteroatoms. The Balaban J connectivity index is 1.96. The molecular weight excluding hydrogens is 362 g/mol. The van der Waals surface area contributed by atoms with Crippen LogP contribution in [0.1, 0.15) is 15.2 Å². The lowest BCUT2D eigenvalue weighted by molar-refractivity contribution is -0.0498. The van der Waals surface area contributed by atoms with Crippen LogP contribution in [-0.2, 0) is 16.6 Å². The number of amides is 1. The number of thiophene rings is 1. The number of hydrogen-bond donors (Lipinski definition) is 2. The largest absolute Gasteiger partial charge is 0.435 e. The van der Waals surface area contributed by atoms with Gasteiger partial charge in [-0.05, 0) is 43.4 Å². The topological polar surface area (TPSA) is 84.5 Å². The summed E-state index contributed by atoms with van der Waals surface area (Å²) in [5, 5.41) is 2.63. The highest BCUT2D eigenvalue weighted by Crippen LogP contribution is 2.21. The molecule has 0 aliphatic heterocycles. The Morgan fingerprint density at radius 3 is 2.46 bits per heavy atom. The molecule has 0 spiro atoms. The van der Waals surface area contributed by atoms with Crippen molar-refractivity contribution in [1.82, 2.24) is 10.0 Å². The molecule has 0 bridgehead atoms. The molecule has 0 fully saturated rings. The zero-order chi connectivity index (χ0) is 17.7. The fraction of sp³-hybridized carbons (Fsp3) is 0.214. The fourth-order valence-electron chi connectivity index (χ4n) is 1.76. The summed E-state index contributed by atoms with van der Waals surface area (Å²) in [6.07, 6.45) is 0. The second-order valence-corrected chi connectivity index (χ2v) is 7.80. The van der Waals surface area contributed by atoms with Gasteiger partial charge in [-0.2, -0.15) is 8.78 Å². The summed E-state index contributed by atoms with van der Waals surface area (Å²) < 4.78 is 53.9. The number of nitrogens with one attached hydrogen (secondary N) is 2. The maximum absolute atomic E-state index is 12.1. The van der Waals surface area contributed by atoms with Crippen molar-refractivity contribution >= 4 is 27.3 Å². The molecule has 0 aliphatic carbocycles. The predicted octanol–water partition coefficient (Wildman–Crippen LogP) is 2.19. The van der Waals surface area contributed by atoms with Gasteiger partial charge >= 0.3 is 6.61 Å². The second kappa shape index (κ2) is 7.69. The molecule has 0 radical (unpaired) electrons. The number of benzene rings is 1. The molecule has 2 N–H and O–H groups in total. The Hall–Kier alpha value is -2.04. The Morgan fingerprint density at radius 2 is 1.88 bits per heavy atom. The molecular formula is C14H14F2N2O4S2. The van der Waals surface area contributed by atoms with Gasteiger partial charge in [-0.1, -0.05) is 0 Å². The third-order valence-electron chi connectivity index (χ3n) is 2.94. The van der Waals surface area contributed by atoms with Crippen molar-refractivity contribution in [2.24, 2.45) is 0 Å². The lowest BCUT2D eigenvalue weighted by atomic mass is 10.2. The molecule has 0 saturated heterocycles. The van der Waals surface area contributed by atoms with E-state index in [0.717, 1.165) is 11.3 Å². The summed E-state index contributed by atoms with van der Waals surface area (Å²) in [7, 11) is -2.18. The van der Waals surface area contributed by atoms with Crippen molar-refractivity contribution in [3.05, 3.63) is 46.8 Å². The fourth-order valence-corrected chi connectivity index (χ4v) is 3.89. The average molecular weight is 376 g/mol. The quantitative estimate of drug-likeness (QED) is 0.776. The van der Waals surface area contributed by atoms with Gasteiger partial charge in [0, 0.05) is 10.4 Å². The van der Waals surface area contributed by atoms with Gasteiger partial charge < -0.3 is 10.1 Å². The summed E-state index contributed by atoms with van der Waals surface area (Å²) >= 11 is 1.04. The minimum absolute atomic E-state index is 0.0401. The summed E-state index contributed by atoms with van der Waals surface area (Å²) in [6.45, 7) is -2.77. The summed E-state index contributed by atoms with van der Waals surface area (Å²) in [5.74, 6) is -0.452. The van der Waals surface area contributed by atoms with Crippen molar-refractivity contribution in [3.63, 3.8) is 0 Å². The summed E-state index contributed by atoms with van der Waals surface area (Å²) in [5.41, 5.74) is 0.274. The highest BCUT2D eigenvalue weighted by Gasteiger charge is 2.15. The monoisotopic (exact) mass is 376 g/mol. The van der Waals surface area contributed by atoms with Crippen molar-refractivity contribution in [2.45, 2.75) is 17.4 Å². The van der Waals surface area contributed by atoms with Crippen LogP contribution < -0.4 is 14.8 Å². The number of alkyl halides is 2. The van der Waals surface area contributed by atoms with Gasteiger partial charge in [0.25, 0.3) is 5.91 Å². The Labute approximate surface area is 141 Å². The SMILES string of the molecule is CNS(=O)(=O)c1ccc(CNC(=O)c2ccc(OC(F)F)cc2)s1. The van der Waals surface area contributed by atoms with E-state index in [-0.39, 0.29) is 22.1 Å². The molecule has 6 nitrogen and oxygen atoms in total. The molecule has 0 saturated carbocycles. The maximum Gasteiger partial charge on any atom is 0.387 e. The lowest BCUT2D eigenvalue weighted by Crippen LogP contribution is -2.22. The number of carbonyl (C=O) groups is 1. The van der Waals surface area contributed by atoms with Crippen LogP contribution in [0.25, 0.3) is 0 Å². The van der Waals surface area contributed by atoms with Crippen LogP contribution in [-0.4, -0.2) is 28.0 Å². The van der Waals surface area contributed by atoms with Gasteiger partial charge in [0.2, 0.25) is 10.0 Å². The van der Waals surface area contributed by atoms with Gasteiger partial charge in [0.05, 0.1) is 6.54 Å². The number of halogens is 2. The maximum atomic E-state index is 12.1. The van der Waals surface area contributed by atoms with Crippen LogP contribution in [0.4, 0.5) is 8.78 Å². The van der Waals surface area contributed by atoms with Crippen LogP contribution >= 0.6 is 11.3 Å². The first-order chi connectivity index (χ1) is 11.3. The van der Waals surface area contributed by atoms with Crippen molar-refractivity contribution in [2.75, 3.05) is 7.05 Å². The molecule has 24 heavy (non-hydrogen) atoms. The zero-order valence-corrected chi connectivity index (χ0v) is 14.1. The minimum Gasteiger partial charge on any atom is -0.435 e.